The van der Waals surface area contributed by atoms with Gasteiger partial charge in [0, 0.05) is 30.6 Å². The molecule has 3 amide bonds. The van der Waals surface area contributed by atoms with Crippen LogP contribution in [0.25, 0.3) is 0 Å². The fourth-order valence-electron chi connectivity index (χ4n) is 4.52. The third-order valence-electron chi connectivity index (χ3n) is 6.32. The van der Waals surface area contributed by atoms with Gasteiger partial charge in [0.25, 0.3) is 5.91 Å². The zero-order valence-electron chi connectivity index (χ0n) is 18.3. The highest BCUT2D eigenvalue weighted by Crippen LogP contribution is 2.23. The van der Waals surface area contributed by atoms with Crippen molar-refractivity contribution in [3.05, 3.63) is 24.3 Å². The van der Waals surface area contributed by atoms with Gasteiger partial charge in [-0.2, -0.15) is 0 Å². The van der Waals surface area contributed by atoms with Crippen LogP contribution in [0.4, 0.5) is 10.5 Å². The van der Waals surface area contributed by atoms with Crippen LogP contribution in [-0.4, -0.2) is 50.3 Å². The molecule has 4 N–H and O–H groups in total. The number of carbonyl (C=O) groups is 2. The molecule has 1 aromatic rings. The molecule has 0 unspecified atom stereocenters. The molecule has 0 aromatic heterocycles. The van der Waals surface area contributed by atoms with Gasteiger partial charge in [0.2, 0.25) is 0 Å². The minimum absolute atomic E-state index is 0.151. The van der Waals surface area contributed by atoms with Crippen LogP contribution < -0.4 is 25.6 Å². The fraction of sp³-hybridized carbons (Fsp3) is 0.652. The summed E-state index contributed by atoms with van der Waals surface area (Å²) in [5.74, 6) is 1.55. The predicted molar refractivity (Wildman–Crippen MR) is 118 cm³/mol. The first-order chi connectivity index (χ1) is 14.5. The van der Waals surface area contributed by atoms with Gasteiger partial charge in [0.15, 0.2) is 6.54 Å². The lowest BCUT2D eigenvalue weighted by Crippen LogP contribution is -3.14. The van der Waals surface area contributed by atoms with Crippen molar-refractivity contribution >= 4 is 17.6 Å². The van der Waals surface area contributed by atoms with Gasteiger partial charge >= 0.3 is 6.03 Å². The summed E-state index contributed by atoms with van der Waals surface area (Å²) in [7, 11) is 0. The number of likely N-dealkylation sites (tertiary alicyclic amines) is 1. The van der Waals surface area contributed by atoms with E-state index in [9.17, 15) is 9.59 Å². The van der Waals surface area contributed by atoms with Crippen LogP contribution in [-0.2, 0) is 4.79 Å². The average molecular weight is 418 g/mol. The summed E-state index contributed by atoms with van der Waals surface area (Å²) in [6.45, 7) is 7.15. The molecule has 1 aliphatic heterocycles. The molecule has 30 heavy (non-hydrogen) atoms. The van der Waals surface area contributed by atoms with Gasteiger partial charge in [0.05, 0.1) is 19.7 Å². The van der Waals surface area contributed by atoms with E-state index in [2.05, 4.69) is 22.9 Å². The van der Waals surface area contributed by atoms with E-state index in [1.807, 2.05) is 31.2 Å². The molecular formula is C23H37N4O3+. The monoisotopic (exact) mass is 417 g/mol. The van der Waals surface area contributed by atoms with Crippen molar-refractivity contribution in [2.24, 2.45) is 5.92 Å². The van der Waals surface area contributed by atoms with Gasteiger partial charge in [-0.05, 0) is 49.9 Å². The SMILES string of the molecule is CCOc1ccc(NC(=O)NC2CC[NH+](CC(=O)N[C@H]3CCCC[C@@H]3C)CC2)cc1. The summed E-state index contributed by atoms with van der Waals surface area (Å²) >= 11 is 0. The highest BCUT2D eigenvalue weighted by atomic mass is 16.5. The maximum atomic E-state index is 12.4. The quantitative estimate of drug-likeness (QED) is 0.547. The Kier molecular flexibility index (Phi) is 8.37. The third-order valence-corrected chi connectivity index (χ3v) is 6.32. The van der Waals surface area contributed by atoms with Crippen molar-refractivity contribution in [2.45, 2.75) is 64.5 Å². The summed E-state index contributed by atoms with van der Waals surface area (Å²) in [5.41, 5.74) is 0.743. The van der Waals surface area contributed by atoms with Crippen molar-refractivity contribution < 1.29 is 19.2 Å². The molecule has 1 heterocycles. The summed E-state index contributed by atoms with van der Waals surface area (Å²) < 4.78 is 5.41. The maximum absolute atomic E-state index is 12.4. The van der Waals surface area contributed by atoms with Crippen LogP contribution in [0.15, 0.2) is 24.3 Å². The Morgan fingerprint density at radius 1 is 1.03 bits per heavy atom. The zero-order valence-corrected chi connectivity index (χ0v) is 18.3. The van der Waals surface area contributed by atoms with Gasteiger partial charge in [-0.3, -0.25) is 4.79 Å². The predicted octanol–water partition coefficient (Wildman–Crippen LogP) is 1.95. The van der Waals surface area contributed by atoms with Gasteiger partial charge in [-0.1, -0.05) is 19.8 Å². The number of hydrogen-bond donors (Lipinski definition) is 4. The molecule has 166 valence electrons. The lowest BCUT2D eigenvalue weighted by atomic mass is 9.86. The molecule has 7 heteroatoms. The number of ether oxygens (including phenoxy) is 1. The minimum atomic E-state index is -0.184. The van der Waals surface area contributed by atoms with Crippen LogP contribution in [0.3, 0.4) is 0 Å². The van der Waals surface area contributed by atoms with E-state index in [1.54, 1.807) is 0 Å². The Labute approximate surface area is 179 Å². The van der Waals surface area contributed by atoms with Crippen LogP contribution in [0.2, 0.25) is 0 Å². The van der Waals surface area contributed by atoms with Crippen molar-refractivity contribution in [1.82, 2.24) is 10.6 Å². The number of quaternary nitrogens is 1. The van der Waals surface area contributed by atoms with E-state index in [0.717, 1.165) is 43.8 Å². The third kappa shape index (κ3) is 6.90. The standard InChI is InChI=1S/C23H36N4O3/c1-3-30-20-10-8-18(9-11-20)24-23(29)25-19-12-14-27(15-13-19)16-22(28)26-21-7-5-4-6-17(21)2/h8-11,17,19,21H,3-7,12-16H2,1-2H3,(H,26,28)(H2,24,25,29)/p+1/t17-,21-/m0/s1. The zero-order chi connectivity index (χ0) is 21.3. The van der Waals surface area contributed by atoms with Crippen LogP contribution >= 0.6 is 0 Å². The number of nitrogens with one attached hydrogen (secondary N) is 4. The first-order valence-corrected chi connectivity index (χ1v) is 11.5. The van der Waals surface area contributed by atoms with E-state index < -0.39 is 0 Å². The normalized spacial score (nSPS) is 26.5. The van der Waals surface area contributed by atoms with Crippen molar-refractivity contribution in [3.63, 3.8) is 0 Å². The Bertz CT molecular complexity index is 686. The summed E-state index contributed by atoms with van der Waals surface area (Å²) in [6, 6.07) is 7.68. The molecule has 3 rings (SSSR count). The van der Waals surface area contributed by atoms with Crippen molar-refractivity contribution in [2.75, 3.05) is 31.6 Å². The van der Waals surface area contributed by atoms with Crippen molar-refractivity contribution in [1.29, 1.82) is 0 Å². The van der Waals surface area contributed by atoms with Gasteiger partial charge < -0.3 is 25.6 Å². The van der Waals surface area contributed by atoms with Gasteiger partial charge in [-0.15, -0.1) is 0 Å². The lowest BCUT2D eigenvalue weighted by molar-refractivity contribution is -0.897. The lowest BCUT2D eigenvalue weighted by Gasteiger charge is -2.32. The fourth-order valence-corrected chi connectivity index (χ4v) is 4.52. The van der Waals surface area contributed by atoms with Gasteiger partial charge in [0.1, 0.15) is 5.75 Å². The molecule has 0 bridgehead atoms. The summed E-state index contributed by atoms with van der Waals surface area (Å²) in [4.78, 5) is 26.0. The number of benzene rings is 1. The maximum Gasteiger partial charge on any atom is 0.319 e. The number of urea groups is 1. The Morgan fingerprint density at radius 3 is 2.40 bits per heavy atom. The van der Waals surface area contributed by atoms with E-state index in [-0.39, 0.29) is 18.0 Å². The van der Waals surface area contributed by atoms with Crippen molar-refractivity contribution in [3.8, 4) is 5.75 Å². The van der Waals surface area contributed by atoms with E-state index in [0.29, 0.717) is 25.1 Å². The minimum Gasteiger partial charge on any atom is -0.494 e. The number of rotatable bonds is 7. The van der Waals surface area contributed by atoms with Crippen LogP contribution in [0.5, 0.6) is 5.75 Å². The van der Waals surface area contributed by atoms with Gasteiger partial charge in [-0.25, -0.2) is 4.79 Å². The molecule has 7 nitrogen and oxygen atoms in total. The Hall–Kier alpha value is -2.28. The Balaban J connectivity index is 1.34. The molecular weight excluding hydrogens is 380 g/mol. The molecule has 0 spiro atoms. The smallest absolute Gasteiger partial charge is 0.319 e. The second-order valence-corrected chi connectivity index (χ2v) is 8.69. The second kappa shape index (κ2) is 11.2. The number of hydrogen-bond acceptors (Lipinski definition) is 3. The number of anilines is 1. The highest BCUT2D eigenvalue weighted by Gasteiger charge is 2.27. The molecule has 1 aliphatic carbocycles. The summed E-state index contributed by atoms with van der Waals surface area (Å²) in [5, 5.41) is 9.18. The first kappa shape index (κ1) is 22.4. The van der Waals surface area contributed by atoms with E-state index in [4.69, 9.17) is 4.74 Å². The van der Waals surface area contributed by atoms with E-state index in [1.165, 1.54) is 24.2 Å². The highest BCUT2D eigenvalue weighted by molar-refractivity contribution is 5.89. The molecule has 1 saturated carbocycles. The molecule has 2 atom stereocenters. The van der Waals surface area contributed by atoms with Crippen LogP contribution in [0.1, 0.15) is 52.4 Å². The second-order valence-electron chi connectivity index (χ2n) is 8.69. The number of amides is 3. The number of carbonyl (C=O) groups excluding carboxylic acids is 2. The molecule has 2 aliphatic rings. The average Bonchev–Trinajstić information content (AvgIpc) is 2.73. The molecule has 1 aromatic carbocycles. The molecule has 0 radical (unpaired) electrons. The van der Waals surface area contributed by atoms with Crippen LogP contribution in [0, 0.1) is 5.92 Å². The molecule has 2 fully saturated rings. The largest absolute Gasteiger partial charge is 0.494 e. The summed E-state index contributed by atoms with van der Waals surface area (Å²) in [6.07, 6.45) is 6.60. The topological polar surface area (TPSA) is 83.9 Å². The first-order valence-electron chi connectivity index (χ1n) is 11.5. The molecule has 1 saturated heterocycles. The number of piperidine rings is 1. The Morgan fingerprint density at radius 2 is 1.73 bits per heavy atom. The van der Waals surface area contributed by atoms with E-state index >= 15 is 0 Å².